The molecule has 0 N–H and O–H groups in total. The van der Waals surface area contributed by atoms with Crippen molar-refractivity contribution in [2.75, 3.05) is 65.1 Å². The Hall–Kier alpha value is 1.08. The summed E-state index contributed by atoms with van der Waals surface area (Å²) < 4.78 is 2.28. The van der Waals surface area contributed by atoms with E-state index in [4.69, 9.17) is 23.2 Å². The van der Waals surface area contributed by atoms with Crippen molar-refractivity contribution >= 4 is 48.0 Å². The first-order valence-electron chi connectivity index (χ1n) is 5.33. The van der Waals surface area contributed by atoms with Gasteiger partial charge in [-0.1, -0.05) is 0 Å². The van der Waals surface area contributed by atoms with E-state index >= 15 is 0 Å². The maximum Gasteiger partial charge on any atom is 0.128 e. The summed E-state index contributed by atoms with van der Waals surface area (Å²) in [7, 11) is 4.62. The zero-order chi connectivity index (χ0) is 10.7. The van der Waals surface area contributed by atoms with Crippen LogP contribution in [0.1, 0.15) is 0 Å². The van der Waals surface area contributed by atoms with E-state index in [-0.39, 0.29) is 24.8 Å². The highest BCUT2D eigenvalue weighted by Gasteiger charge is 2.35. The summed E-state index contributed by atoms with van der Waals surface area (Å²) in [6.45, 7) is 7.14. The molecule has 0 bridgehead atoms. The van der Waals surface area contributed by atoms with Crippen molar-refractivity contribution in [1.82, 2.24) is 0 Å². The summed E-state index contributed by atoms with van der Waals surface area (Å²) in [5.41, 5.74) is 0. The van der Waals surface area contributed by atoms with Gasteiger partial charge in [0.15, 0.2) is 0 Å². The minimum Gasteiger partial charge on any atom is -0.316 e. The molecule has 0 aliphatic carbocycles. The van der Waals surface area contributed by atoms with Gasteiger partial charge in [-0.25, -0.2) is 0 Å². The molecule has 1 fully saturated rings. The number of hydrogen-bond acceptors (Lipinski definition) is 0. The van der Waals surface area contributed by atoms with E-state index < -0.39 is 0 Å². The van der Waals surface area contributed by atoms with Crippen LogP contribution in [0.4, 0.5) is 0 Å². The van der Waals surface area contributed by atoms with Crippen molar-refractivity contribution in [2.45, 2.75) is 0 Å². The Kier molecular flexibility index (Phi) is 9.99. The molecular formula is C10H24Cl4N2+2. The van der Waals surface area contributed by atoms with Crippen LogP contribution in [-0.2, 0) is 0 Å². The average molecular weight is 314 g/mol. The molecular weight excluding hydrogens is 290 g/mol. The zero-order valence-corrected chi connectivity index (χ0v) is 13.3. The average Bonchev–Trinajstić information content (AvgIpc) is 2.13. The molecule has 6 heteroatoms. The number of hydrogen-bond donors (Lipinski definition) is 0. The first kappa shape index (κ1) is 19.4. The monoisotopic (exact) mass is 312 g/mol. The Bertz CT molecular complexity index is 162. The van der Waals surface area contributed by atoms with Crippen LogP contribution in [0.2, 0.25) is 0 Å². The molecule has 0 unspecified atom stereocenters. The highest BCUT2D eigenvalue weighted by Crippen LogP contribution is 2.15. The molecule has 0 amide bonds. The largest absolute Gasteiger partial charge is 0.316 e. The van der Waals surface area contributed by atoms with Crippen LogP contribution in [0, 0.1) is 0 Å². The molecule has 2 nitrogen and oxygen atoms in total. The second-order valence-corrected chi connectivity index (χ2v) is 5.71. The second-order valence-electron chi connectivity index (χ2n) is 4.96. The summed E-state index contributed by atoms with van der Waals surface area (Å²) in [6, 6.07) is 0. The van der Waals surface area contributed by atoms with Gasteiger partial charge in [0.2, 0.25) is 0 Å². The third-order valence-corrected chi connectivity index (χ3v) is 3.95. The van der Waals surface area contributed by atoms with Crippen LogP contribution in [0.3, 0.4) is 0 Å². The van der Waals surface area contributed by atoms with Gasteiger partial charge in [-0.3, -0.25) is 0 Å². The number of piperazine rings is 1. The van der Waals surface area contributed by atoms with E-state index in [2.05, 4.69) is 14.1 Å². The molecule has 1 saturated heterocycles. The quantitative estimate of drug-likeness (QED) is 0.551. The fraction of sp³-hybridized carbons (Fsp3) is 1.00. The number of quaternary nitrogens is 2. The Morgan fingerprint density at radius 1 is 0.750 bits per heavy atom. The van der Waals surface area contributed by atoms with E-state index in [0.29, 0.717) is 0 Å². The van der Waals surface area contributed by atoms with Gasteiger partial charge < -0.3 is 8.97 Å². The third-order valence-electron chi connectivity index (χ3n) is 3.61. The summed E-state index contributed by atoms with van der Waals surface area (Å²) in [5, 5.41) is 0. The maximum absolute atomic E-state index is 5.81. The van der Waals surface area contributed by atoms with Gasteiger partial charge in [-0.2, -0.15) is 0 Å². The SMILES string of the molecule is C[N+]1(CCCl)CC[N+](C)(CCCl)CC1.Cl.Cl. The molecule has 0 aromatic carbocycles. The van der Waals surface area contributed by atoms with Crippen LogP contribution in [0.25, 0.3) is 0 Å². The molecule has 0 radical (unpaired) electrons. The summed E-state index contributed by atoms with van der Waals surface area (Å²) in [5.74, 6) is 1.55. The molecule has 0 aromatic rings. The molecule has 0 atom stereocenters. The predicted molar refractivity (Wildman–Crippen MR) is 77.5 cm³/mol. The number of alkyl halides is 2. The topological polar surface area (TPSA) is 0 Å². The fourth-order valence-corrected chi connectivity index (χ4v) is 2.86. The van der Waals surface area contributed by atoms with Gasteiger partial charge in [0.05, 0.1) is 38.9 Å². The molecule has 1 rings (SSSR count). The minimum atomic E-state index is 0. The van der Waals surface area contributed by atoms with Crippen molar-refractivity contribution in [3.8, 4) is 0 Å². The Balaban J connectivity index is 0. The molecule has 0 aromatic heterocycles. The highest BCUT2D eigenvalue weighted by atomic mass is 35.5. The third kappa shape index (κ3) is 5.61. The lowest BCUT2D eigenvalue weighted by atomic mass is 10.2. The van der Waals surface area contributed by atoms with Gasteiger partial charge in [0, 0.05) is 0 Å². The van der Waals surface area contributed by atoms with E-state index in [1.807, 2.05) is 0 Å². The van der Waals surface area contributed by atoms with E-state index in [1.165, 1.54) is 26.2 Å². The predicted octanol–water partition coefficient (Wildman–Crippen LogP) is 2.21. The first-order chi connectivity index (χ1) is 6.54. The van der Waals surface area contributed by atoms with Gasteiger partial charge in [0.1, 0.15) is 26.2 Å². The van der Waals surface area contributed by atoms with Crippen LogP contribution in [0.5, 0.6) is 0 Å². The van der Waals surface area contributed by atoms with E-state index in [9.17, 15) is 0 Å². The van der Waals surface area contributed by atoms with Gasteiger partial charge in [-0.15, -0.1) is 48.0 Å². The Morgan fingerprint density at radius 2 is 1.00 bits per heavy atom. The fourth-order valence-electron chi connectivity index (χ4n) is 2.04. The van der Waals surface area contributed by atoms with Crippen LogP contribution < -0.4 is 0 Å². The molecule has 0 spiro atoms. The van der Waals surface area contributed by atoms with Crippen molar-refractivity contribution in [3.05, 3.63) is 0 Å². The summed E-state index contributed by atoms with van der Waals surface area (Å²) >= 11 is 11.6. The minimum absolute atomic E-state index is 0. The lowest BCUT2D eigenvalue weighted by Gasteiger charge is -2.45. The Morgan fingerprint density at radius 3 is 1.19 bits per heavy atom. The number of likely N-dealkylation sites (N-methyl/N-ethyl adjacent to an activating group) is 2. The normalized spacial score (nSPS) is 33.8. The van der Waals surface area contributed by atoms with Crippen molar-refractivity contribution in [1.29, 1.82) is 0 Å². The lowest BCUT2D eigenvalue weighted by molar-refractivity contribution is -1.01. The van der Waals surface area contributed by atoms with Gasteiger partial charge in [-0.05, 0) is 0 Å². The summed E-state index contributed by atoms with van der Waals surface area (Å²) in [4.78, 5) is 0. The van der Waals surface area contributed by atoms with Crippen LogP contribution in [0.15, 0.2) is 0 Å². The lowest BCUT2D eigenvalue weighted by Crippen LogP contribution is -2.64. The molecule has 1 aliphatic rings. The smallest absolute Gasteiger partial charge is 0.128 e. The second kappa shape index (κ2) is 8.23. The molecule has 1 aliphatic heterocycles. The highest BCUT2D eigenvalue weighted by molar-refractivity contribution is 6.18. The maximum atomic E-state index is 5.81. The molecule has 16 heavy (non-hydrogen) atoms. The Labute approximate surface area is 122 Å². The first-order valence-corrected chi connectivity index (χ1v) is 6.40. The van der Waals surface area contributed by atoms with Crippen LogP contribution in [-0.4, -0.2) is 74.1 Å². The van der Waals surface area contributed by atoms with Crippen LogP contribution >= 0.6 is 48.0 Å². The zero-order valence-electron chi connectivity index (χ0n) is 10.1. The number of halogens is 4. The van der Waals surface area contributed by atoms with Gasteiger partial charge >= 0.3 is 0 Å². The molecule has 100 valence electrons. The van der Waals surface area contributed by atoms with E-state index in [1.54, 1.807) is 0 Å². The van der Waals surface area contributed by atoms with E-state index in [0.717, 1.165) is 33.8 Å². The number of nitrogens with zero attached hydrogens (tertiary/aromatic N) is 2. The molecule has 1 heterocycles. The summed E-state index contributed by atoms with van der Waals surface area (Å²) in [6.07, 6.45) is 0. The standard InChI is InChI=1S/C10H22Cl2N2.2ClH/c1-13(5-3-11)7-9-14(2,6-4-12)10-8-13;;/h3-10H2,1-2H3;2*1H/q+2;;. The van der Waals surface area contributed by atoms with Crippen molar-refractivity contribution in [3.63, 3.8) is 0 Å². The van der Waals surface area contributed by atoms with Gasteiger partial charge in [0.25, 0.3) is 0 Å². The van der Waals surface area contributed by atoms with Crippen molar-refractivity contribution in [2.24, 2.45) is 0 Å². The molecule has 0 saturated carbocycles. The number of rotatable bonds is 4. The van der Waals surface area contributed by atoms with Crippen molar-refractivity contribution < 1.29 is 8.97 Å².